The summed E-state index contributed by atoms with van der Waals surface area (Å²) in [6, 6.07) is -13.1. The summed E-state index contributed by atoms with van der Waals surface area (Å²) in [6.07, 6.45) is 2.80. The van der Waals surface area contributed by atoms with E-state index in [0.717, 1.165) is 19.6 Å². The molecule has 480 valence electrons. The normalized spacial score (nSPS) is 27.0. The van der Waals surface area contributed by atoms with E-state index in [1.165, 1.54) is 77.9 Å². The van der Waals surface area contributed by atoms with Crippen LogP contribution in [0.2, 0.25) is 0 Å². The molecule has 24 heteroatoms. The molecule has 1 aliphatic heterocycles. The Morgan fingerprint density at radius 2 is 0.881 bits per heavy atom. The van der Waals surface area contributed by atoms with Crippen molar-refractivity contribution >= 4 is 65.0 Å². The van der Waals surface area contributed by atoms with Crippen LogP contribution in [0.15, 0.2) is 12.2 Å². The fourth-order valence-electron chi connectivity index (χ4n) is 10.4. The number of allylic oxidation sites excluding steroid dienone is 2. The lowest BCUT2D eigenvalue weighted by Crippen LogP contribution is -2.63. The van der Waals surface area contributed by atoms with Crippen LogP contribution in [0.3, 0.4) is 0 Å². The molecule has 0 aliphatic carbocycles. The summed E-state index contributed by atoms with van der Waals surface area (Å²) < 4.78 is 0. The lowest BCUT2D eigenvalue weighted by atomic mass is 9.91. The third-order valence-electron chi connectivity index (χ3n) is 15.6. The quantitative estimate of drug-likeness (QED) is 0.127. The van der Waals surface area contributed by atoms with Crippen molar-refractivity contribution < 1.29 is 63.0 Å². The molecular weight excluding hydrogens is 1080 g/mol. The van der Waals surface area contributed by atoms with Crippen molar-refractivity contribution in [3.8, 4) is 0 Å². The molecule has 0 unspecified atom stereocenters. The molecule has 12 atom stereocenters. The summed E-state index contributed by atoms with van der Waals surface area (Å²) in [5, 5.41) is 33.2. The van der Waals surface area contributed by atoms with Crippen LogP contribution in [0.4, 0.5) is 0 Å². The Hall–Kier alpha value is -6.17. The number of nitrogens with one attached hydrogen (secondary N) is 4. The first kappa shape index (κ1) is 75.8. The van der Waals surface area contributed by atoms with Gasteiger partial charge in [-0.25, -0.2) is 0 Å². The smallest absolute Gasteiger partial charge is 0.247 e. The van der Waals surface area contributed by atoms with Crippen LogP contribution < -0.4 is 21.3 Å². The predicted molar refractivity (Wildman–Crippen MR) is 321 cm³/mol. The molecule has 0 saturated carbocycles. The third kappa shape index (κ3) is 21.1. The average Bonchev–Trinajstić information content (AvgIpc) is 3.55. The van der Waals surface area contributed by atoms with Crippen molar-refractivity contribution in [2.45, 2.75) is 209 Å². The SMILES string of the molecule is C/C=C/C[C@@H](C)[C@@H](O)[C@H]1C(=O)N[C@@H](CC)C(=O)N(C)CC(=O)N(C)[C@@H](CC(C)C)C(=O)N[C@@H](CO)C(=O)N(C)[C@@H](CC(C)C)C(=O)N[C@@H](C)C(=O)N[C@H](C)C(=O)N(C)[C@@H](CC(C)C)C(=O)N(C)[C@@H](CC(C)C)C(=O)N(C)[C@@H](C(C)C)C(=O)N1C. The van der Waals surface area contributed by atoms with E-state index in [4.69, 9.17) is 0 Å². The van der Waals surface area contributed by atoms with Crippen LogP contribution in [-0.2, 0) is 52.7 Å². The number of amides is 11. The Balaban J connectivity index is 4.29. The molecule has 0 aromatic heterocycles. The van der Waals surface area contributed by atoms with E-state index in [1.807, 2.05) is 55.4 Å². The summed E-state index contributed by atoms with van der Waals surface area (Å²) in [5.74, 6) is -10.0. The van der Waals surface area contributed by atoms with Crippen LogP contribution in [0.5, 0.6) is 0 Å². The van der Waals surface area contributed by atoms with E-state index in [0.29, 0.717) is 6.42 Å². The van der Waals surface area contributed by atoms with Gasteiger partial charge in [0.2, 0.25) is 65.0 Å². The number of aliphatic hydroxyl groups is 2. The van der Waals surface area contributed by atoms with Gasteiger partial charge in [-0.2, -0.15) is 0 Å². The van der Waals surface area contributed by atoms with Gasteiger partial charge in [-0.3, -0.25) is 52.7 Å². The molecule has 24 nitrogen and oxygen atoms in total. The van der Waals surface area contributed by atoms with Crippen molar-refractivity contribution in [1.29, 1.82) is 0 Å². The Morgan fingerprint density at radius 1 is 0.476 bits per heavy atom. The average molecular weight is 1190 g/mol. The first-order valence-corrected chi connectivity index (χ1v) is 29.8. The Morgan fingerprint density at radius 3 is 1.33 bits per heavy atom. The summed E-state index contributed by atoms with van der Waals surface area (Å²) in [7, 11) is 9.64. The predicted octanol–water partition coefficient (Wildman–Crippen LogP) is 1.61. The minimum absolute atomic E-state index is 0.00100. The van der Waals surface area contributed by atoms with Gasteiger partial charge in [-0.1, -0.05) is 95.2 Å². The van der Waals surface area contributed by atoms with Crippen molar-refractivity contribution in [2.24, 2.45) is 35.5 Å². The van der Waals surface area contributed by atoms with Crippen molar-refractivity contribution in [3.05, 3.63) is 12.2 Å². The van der Waals surface area contributed by atoms with Crippen molar-refractivity contribution in [3.63, 3.8) is 0 Å². The van der Waals surface area contributed by atoms with Gasteiger partial charge in [-0.15, -0.1) is 0 Å². The molecule has 0 spiro atoms. The van der Waals surface area contributed by atoms with Crippen LogP contribution in [0, 0.1) is 35.5 Å². The molecule has 1 aliphatic rings. The number of rotatable bonds is 15. The van der Waals surface area contributed by atoms with E-state index in [2.05, 4.69) is 21.3 Å². The minimum atomic E-state index is -1.63. The van der Waals surface area contributed by atoms with Crippen LogP contribution in [-0.4, -0.2) is 238 Å². The maximum Gasteiger partial charge on any atom is 0.247 e. The molecule has 1 rings (SSSR count). The second kappa shape index (κ2) is 34.7. The summed E-state index contributed by atoms with van der Waals surface area (Å²) >= 11 is 0. The lowest BCUT2D eigenvalue weighted by Gasteiger charge is -2.41. The van der Waals surface area contributed by atoms with Gasteiger partial charge < -0.3 is 65.8 Å². The molecule has 1 saturated heterocycles. The summed E-state index contributed by atoms with van der Waals surface area (Å²) in [4.78, 5) is 167. The monoisotopic (exact) mass is 1190 g/mol. The first-order chi connectivity index (χ1) is 38.8. The molecule has 11 amide bonds. The van der Waals surface area contributed by atoms with Crippen LogP contribution >= 0.6 is 0 Å². The van der Waals surface area contributed by atoms with Crippen molar-refractivity contribution in [1.82, 2.24) is 55.6 Å². The van der Waals surface area contributed by atoms with E-state index in [-0.39, 0.29) is 55.8 Å². The number of aliphatic hydroxyl groups excluding tert-OH is 2. The Kier molecular flexibility index (Phi) is 31.3. The standard InChI is InChI=1S/C60H107N11O13/c1-23-25-26-38(13)50(74)49-54(78)63-41(24-2)56(80)65(16)31-47(73)66(17)43(27-33(3)4)53(77)64-42(32-72)57(81)67(18)44(28-34(5)6)52(76)61-39(14)51(75)62-40(15)55(79)68(19)45(29-35(7)8)58(82)69(20)46(30-36(9)10)59(83)70(21)48(37(11)12)60(84)71(49)22/h23,25,33-46,48-50,72,74H,24,26-32H2,1-22H3,(H,61,76)(H,62,75)(H,63,78)(H,64,77)/b25-23+/t38-,39+,40-,41+,42+,43+,44+,45+,46+,48+,49+,50-/m1/s1. The van der Waals surface area contributed by atoms with E-state index in [9.17, 15) is 53.4 Å². The lowest BCUT2D eigenvalue weighted by molar-refractivity contribution is -0.157. The molecule has 0 radical (unpaired) electrons. The maximum atomic E-state index is 15.1. The number of hydrogen-bond acceptors (Lipinski definition) is 13. The molecule has 0 aromatic carbocycles. The minimum Gasteiger partial charge on any atom is -0.394 e. The van der Waals surface area contributed by atoms with Gasteiger partial charge in [-0.05, 0) is 94.8 Å². The number of nitrogens with zero attached hydrogens (tertiary/aromatic N) is 7. The van der Waals surface area contributed by atoms with Crippen LogP contribution in [0.1, 0.15) is 142 Å². The van der Waals surface area contributed by atoms with Gasteiger partial charge in [0.05, 0.1) is 19.3 Å². The second-order valence-electron chi connectivity index (χ2n) is 25.1. The number of likely N-dealkylation sites (N-methyl/N-ethyl adjacent to an activating group) is 7. The van der Waals surface area contributed by atoms with Gasteiger partial charge >= 0.3 is 0 Å². The Labute approximate surface area is 500 Å². The van der Waals surface area contributed by atoms with Gasteiger partial charge in [0.25, 0.3) is 0 Å². The highest BCUT2D eigenvalue weighted by molar-refractivity contribution is 5.99. The molecule has 1 fully saturated rings. The Bertz CT molecular complexity index is 2290. The molecule has 0 bridgehead atoms. The molecular formula is C60H107N11O13. The summed E-state index contributed by atoms with van der Waals surface area (Å²) in [5.41, 5.74) is 0. The highest BCUT2D eigenvalue weighted by Crippen LogP contribution is 2.25. The second-order valence-corrected chi connectivity index (χ2v) is 25.1. The zero-order chi connectivity index (χ0) is 65.1. The van der Waals surface area contributed by atoms with Crippen LogP contribution in [0.25, 0.3) is 0 Å². The van der Waals surface area contributed by atoms with Gasteiger partial charge in [0, 0.05) is 49.3 Å². The molecule has 1 heterocycles. The first-order valence-electron chi connectivity index (χ1n) is 29.8. The highest BCUT2D eigenvalue weighted by Gasteiger charge is 2.45. The van der Waals surface area contributed by atoms with Crippen molar-refractivity contribution in [2.75, 3.05) is 62.5 Å². The largest absolute Gasteiger partial charge is 0.394 e. The molecule has 6 N–H and O–H groups in total. The van der Waals surface area contributed by atoms with Gasteiger partial charge in [0.15, 0.2) is 0 Å². The van der Waals surface area contributed by atoms with E-state index in [1.54, 1.807) is 46.8 Å². The number of hydrogen-bond donors (Lipinski definition) is 6. The number of carbonyl (C=O) groups excluding carboxylic acids is 11. The van der Waals surface area contributed by atoms with E-state index >= 15 is 9.59 Å². The van der Waals surface area contributed by atoms with Gasteiger partial charge in [0.1, 0.15) is 60.4 Å². The van der Waals surface area contributed by atoms with E-state index < -0.39 is 156 Å². The molecule has 84 heavy (non-hydrogen) atoms. The number of carbonyl (C=O) groups is 11. The fraction of sp³-hybridized carbons (Fsp3) is 0.783. The highest BCUT2D eigenvalue weighted by atomic mass is 16.3. The summed E-state index contributed by atoms with van der Waals surface area (Å²) in [6.45, 7) is 24.5. The zero-order valence-electron chi connectivity index (χ0n) is 54.6. The zero-order valence-corrected chi connectivity index (χ0v) is 54.6. The molecule has 0 aromatic rings. The fourth-order valence-corrected chi connectivity index (χ4v) is 10.4. The maximum absolute atomic E-state index is 15.1. The third-order valence-corrected chi connectivity index (χ3v) is 15.6. The topological polar surface area (TPSA) is 299 Å².